The van der Waals surface area contributed by atoms with Crippen LogP contribution in [-0.4, -0.2) is 55.4 Å². The highest BCUT2D eigenvalue weighted by Gasteiger charge is 2.16. The summed E-state index contributed by atoms with van der Waals surface area (Å²) in [7, 11) is 1.59. The van der Waals surface area contributed by atoms with Crippen molar-refractivity contribution in [1.29, 1.82) is 0 Å². The van der Waals surface area contributed by atoms with Crippen LogP contribution >= 0.6 is 0 Å². The van der Waals surface area contributed by atoms with Crippen LogP contribution in [0, 0.1) is 0 Å². The Hall–Kier alpha value is -1.43. The summed E-state index contributed by atoms with van der Waals surface area (Å²) in [6, 6.07) is 8.01. The van der Waals surface area contributed by atoms with E-state index in [9.17, 15) is 9.90 Å². The second kappa shape index (κ2) is 8.88. The van der Waals surface area contributed by atoms with Crippen LogP contribution in [0.25, 0.3) is 0 Å². The van der Waals surface area contributed by atoms with Crippen LogP contribution in [0.5, 0.6) is 0 Å². The molecule has 2 rings (SSSR count). The van der Waals surface area contributed by atoms with Crippen LogP contribution in [0.3, 0.4) is 0 Å². The zero-order valence-electron chi connectivity index (χ0n) is 13.3. The van der Waals surface area contributed by atoms with E-state index in [0.29, 0.717) is 13.0 Å². The number of hydrogen-bond acceptors (Lipinski definition) is 4. The third-order valence-electron chi connectivity index (χ3n) is 4.04. The minimum Gasteiger partial charge on any atom is -0.393 e. The van der Waals surface area contributed by atoms with Crippen molar-refractivity contribution < 1.29 is 14.6 Å². The number of ether oxygens (including phenoxy) is 1. The summed E-state index contributed by atoms with van der Waals surface area (Å²) in [6.45, 7) is 3.42. The van der Waals surface area contributed by atoms with Gasteiger partial charge in [0.15, 0.2) is 0 Å². The van der Waals surface area contributed by atoms with Gasteiger partial charge in [-0.2, -0.15) is 0 Å². The predicted molar refractivity (Wildman–Crippen MR) is 86.9 cm³/mol. The van der Waals surface area contributed by atoms with E-state index < -0.39 is 0 Å². The van der Waals surface area contributed by atoms with E-state index in [0.717, 1.165) is 44.6 Å². The largest absolute Gasteiger partial charge is 0.393 e. The number of methoxy groups -OCH3 is 1. The second-order valence-corrected chi connectivity index (χ2v) is 5.81. The van der Waals surface area contributed by atoms with Crippen molar-refractivity contribution in [3.8, 4) is 0 Å². The van der Waals surface area contributed by atoms with Crippen LogP contribution in [0.2, 0.25) is 0 Å². The summed E-state index contributed by atoms with van der Waals surface area (Å²) in [4.78, 5) is 14.0. The number of amides is 1. The van der Waals surface area contributed by atoms with Gasteiger partial charge in [-0.05, 0) is 37.0 Å². The molecule has 0 aromatic heterocycles. The van der Waals surface area contributed by atoms with Crippen LogP contribution in [0.1, 0.15) is 24.8 Å². The Balaban J connectivity index is 1.73. The number of likely N-dealkylation sites (tertiary alicyclic amines) is 1. The molecule has 5 heteroatoms. The maximum Gasteiger partial charge on any atom is 0.226 e. The SMILES string of the molecule is COCCC(=O)Nc1ccc(CCN2CCC(O)CC2)cc1. The molecule has 22 heavy (non-hydrogen) atoms. The molecule has 122 valence electrons. The fourth-order valence-electron chi connectivity index (χ4n) is 2.60. The molecule has 1 aliphatic heterocycles. The van der Waals surface area contributed by atoms with E-state index in [-0.39, 0.29) is 12.0 Å². The Labute approximate surface area is 132 Å². The molecule has 5 nitrogen and oxygen atoms in total. The van der Waals surface area contributed by atoms with Gasteiger partial charge < -0.3 is 20.1 Å². The lowest BCUT2D eigenvalue weighted by atomic mass is 10.1. The Morgan fingerprint density at radius 1 is 1.32 bits per heavy atom. The average molecular weight is 306 g/mol. The lowest BCUT2D eigenvalue weighted by molar-refractivity contribution is -0.117. The lowest BCUT2D eigenvalue weighted by Crippen LogP contribution is -2.37. The number of benzene rings is 1. The van der Waals surface area contributed by atoms with Crippen LogP contribution in [0.4, 0.5) is 5.69 Å². The Bertz CT molecular complexity index is 453. The molecule has 1 heterocycles. The van der Waals surface area contributed by atoms with Crippen molar-refractivity contribution in [3.05, 3.63) is 29.8 Å². The zero-order chi connectivity index (χ0) is 15.8. The van der Waals surface area contributed by atoms with Gasteiger partial charge >= 0.3 is 0 Å². The number of nitrogens with zero attached hydrogens (tertiary/aromatic N) is 1. The van der Waals surface area contributed by atoms with E-state index in [1.165, 1.54) is 5.56 Å². The molecule has 0 bridgehead atoms. The number of nitrogens with one attached hydrogen (secondary N) is 1. The molecule has 1 aromatic carbocycles. The van der Waals surface area contributed by atoms with Crippen molar-refractivity contribution in [3.63, 3.8) is 0 Å². The number of carbonyl (C=O) groups excluding carboxylic acids is 1. The summed E-state index contributed by atoms with van der Waals surface area (Å²) in [6.07, 6.45) is 3.02. The minimum atomic E-state index is -0.114. The first-order valence-corrected chi connectivity index (χ1v) is 7.95. The van der Waals surface area contributed by atoms with Gasteiger partial charge in [-0.25, -0.2) is 0 Å². The molecule has 0 spiro atoms. The maximum absolute atomic E-state index is 11.6. The molecule has 2 N–H and O–H groups in total. The lowest BCUT2D eigenvalue weighted by Gasteiger charge is -2.29. The summed E-state index contributed by atoms with van der Waals surface area (Å²) in [5.41, 5.74) is 2.09. The first-order valence-electron chi connectivity index (χ1n) is 7.95. The molecule has 1 saturated heterocycles. The fourth-order valence-corrected chi connectivity index (χ4v) is 2.60. The molecular formula is C17H26N2O3. The second-order valence-electron chi connectivity index (χ2n) is 5.81. The highest BCUT2D eigenvalue weighted by molar-refractivity contribution is 5.90. The molecule has 1 aromatic rings. The van der Waals surface area contributed by atoms with Gasteiger partial charge in [0, 0.05) is 32.4 Å². The molecule has 0 aliphatic carbocycles. The molecule has 0 atom stereocenters. The predicted octanol–water partition coefficient (Wildman–Crippen LogP) is 1.66. The molecule has 0 radical (unpaired) electrons. The van der Waals surface area contributed by atoms with Crippen molar-refractivity contribution in [2.45, 2.75) is 31.8 Å². The molecule has 0 saturated carbocycles. The molecule has 1 aliphatic rings. The van der Waals surface area contributed by atoms with Crippen molar-refractivity contribution in [1.82, 2.24) is 4.90 Å². The fraction of sp³-hybridized carbons (Fsp3) is 0.588. The summed E-state index contributed by atoms with van der Waals surface area (Å²) in [5, 5.41) is 12.4. The highest BCUT2D eigenvalue weighted by Crippen LogP contribution is 2.13. The van der Waals surface area contributed by atoms with Gasteiger partial charge in [-0.1, -0.05) is 12.1 Å². The third-order valence-corrected chi connectivity index (χ3v) is 4.04. The summed E-state index contributed by atoms with van der Waals surface area (Å²) < 4.78 is 4.88. The van der Waals surface area contributed by atoms with Gasteiger partial charge in [-0.3, -0.25) is 4.79 Å². The number of carbonyl (C=O) groups is 1. The zero-order valence-corrected chi connectivity index (χ0v) is 13.3. The van der Waals surface area contributed by atoms with Gasteiger partial charge in [-0.15, -0.1) is 0 Å². The third kappa shape index (κ3) is 5.75. The average Bonchev–Trinajstić information content (AvgIpc) is 2.54. The first kappa shape index (κ1) is 16.9. The van der Waals surface area contributed by atoms with E-state index in [4.69, 9.17) is 4.74 Å². The van der Waals surface area contributed by atoms with Gasteiger partial charge in [0.2, 0.25) is 5.91 Å². The Morgan fingerprint density at radius 3 is 2.64 bits per heavy atom. The number of hydrogen-bond donors (Lipinski definition) is 2. The standard InChI is InChI=1S/C17H26N2O3/c1-22-13-9-17(21)18-15-4-2-14(3-5-15)6-10-19-11-7-16(20)8-12-19/h2-5,16,20H,6-13H2,1H3,(H,18,21). The van der Waals surface area contributed by atoms with Gasteiger partial charge in [0.1, 0.15) is 0 Å². The maximum atomic E-state index is 11.6. The molecular weight excluding hydrogens is 280 g/mol. The normalized spacial score (nSPS) is 16.6. The van der Waals surface area contributed by atoms with Crippen molar-refractivity contribution in [2.24, 2.45) is 0 Å². The highest BCUT2D eigenvalue weighted by atomic mass is 16.5. The van der Waals surface area contributed by atoms with Crippen LogP contribution < -0.4 is 5.32 Å². The monoisotopic (exact) mass is 306 g/mol. The van der Waals surface area contributed by atoms with E-state index in [2.05, 4.69) is 22.3 Å². The van der Waals surface area contributed by atoms with Gasteiger partial charge in [0.05, 0.1) is 19.1 Å². The first-order chi connectivity index (χ1) is 10.7. The topological polar surface area (TPSA) is 61.8 Å². The molecule has 1 amide bonds. The van der Waals surface area contributed by atoms with E-state index in [1.54, 1.807) is 7.11 Å². The molecule has 1 fully saturated rings. The number of piperidine rings is 1. The summed E-state index contributed by atoms with van der Waals surface area (Å²) >= 11 is 0. The van der Waals surface area contributed by atoms with Crippen molar-refractivity contribution in [2.75, 3.05) is 38.7 Å². The number of aliphatic hydroxyl groups is 1. The quantitative estimate of drug-likeness (QED) is 0.804. The van der Waals surface area contributed by atoms with Crippen LogP contribution in [-0.2, 0) is 16.0 Å². The van der Waals surface area contributed by atoms with Crippen molar-refractivity contribution >= 4 is 11.6 Å². The number of rotatable bonds is 7. The smallest absolute Gasteiger partial charge is 0.226 e. The van der Waals surface area contributed by atoms with E-state index >= 15 is 0 Å². The molecule has 0 unspecified atom stereocenters. The number of anilines is 1. The van der Waals surface area contributed by atoms with Gasteiger partial charge in [0.25, 0.3) is 0 Å². The minimum absolute atomic E-state index is 0.0264. The van der Waals surface area contributed by atoms with E-state index in [1.807, 2.05) is 12.1 Å². The number of aliphatic hydroxyl groups excluding tert-OH is 1. The Kier molecular flexibility index (Phi) is 6.83. The summed E-state index contributed by atoms with van der Waals surface area (Å²) in [5.74, 6) is -0.0264. The van der Waals surface area contributed by atoms with Crippen LogP contribution in [0.15, 0.2) is 24.3 Å². The Morgan fingerprint density at radius 2 is 2.00 bits per heavy atom.